The standard InChI is InChI=1S/C23H33NO3/c1-3-4-5-6-7-8-9-10-11-12-17-27-23(25)21(19-24)18-20-13-15-22(26-2)16-14-20/h13-16,18H,3-12,17H2,1-2H3. The van der Waals surface area contributed by atoms with Gasteiger partial charge in [0.05, 0.1) is 13.7 Å². The van der Waals surface area contributed by atoms with Crippen LogP contribution in [0.25, 0.3) is 6.08 Å². The molecule has 0 atom stereocenters. The zero-order valence-electron chi connectivity index (χ0n) is 16.8. The molecule has 0 saturated carbocycles. The van der Waals surface area contributed by atoms with Gasteiger partial charge in [0.2, 0.25) is 0 Å². The van der Waals surface area contributed by atoms with E-state index in [-0.39, 0.29) is 5.57 Å². The molecule has 0 aliphatic carbocycles. The lowest BCUT2D eigenvalue weighted by molar-refractivity contribution is -0.138. The van der Waals surface area contributed by atoms with E-state index in [1.807, 2.05) is 6.07 Å². The van der Waals surface area contributed by atoms with Crippen molar-refractivity contribution in [2.24, 2.45) is 0 Å². The Morgan fingerprint density at radius 1 is 0.963 bits per heavy atom. The van der Waals surface area contributed by atoms with Crippen molar-refractivity contribution in [1.29, 1.82) is 5.26 Å². The lowest BCUT2D eigenvalue weighted by Crippen LogP contribution is -2.08. The maximum absolute atomic E-state index is 12.0. The molecule has 0 bridgehead atoms. The van der Waals surface area contributed by atoms with Gasteiger partial charge in [-0.25, -0.2) is 4.79 Å². The number of carbonyl (C=O) groups excluding carboxylic acids is 1. The van der Waals surface area contributed by atoms with Crippen molar-refractivity contribution in [3.8, 4) is 11.8 Å². The molecule has 1 aromatic rings. The predicted molar refractivity (Wildman–Crippen MR) is 109 cm³/mol. The molecule has 1 rings (SSSR count). The van der Waals surface area contributed by atoms with Gasteiger partial charge in [0.25, 0.3) is 0 Å². The Bertz CT molecular complexity index is 599. The summed E-state index contributed by atoms with van der Waals surface area (Å²) in [7, 11) is 1.59. The van der Waals surface area contributed by atoms with Gasteiger partial charge in [-0.05, 0) is 30.2 Å². The molecular formula is C23H33NO3. The van der Waals surface area contributed by atoms with E-state index in [1.54, 1.807) is 37.5 Å². The summed E-state index contributed by atoms with van der Waals surface area (Å²) in [6, 6.07) is 9.09. The van der Waals surface area contributed by atoms with Gasteiger partial charge in [0, 0.05) is 0 Å². The number of nitrogens with zero attached hydrogens (tertiary/aromatic N) is 1. The van der Waals surface area contributed by atoms with Crippen molar-refractivity contribution in [2.45, 2.75) is 71.1 Å². The van der Waals surface area contributed by atoms with Crippen LogP contribution in [0.2, 0.25) is 0 Å². The first-order valence-electron chi connectivity index (χ1n) is 10.1. The summed E-state index contributed by atoms with van der Waals surface area (Å²) in [5.41, 5.74) is 0.787. The molecule has 0 aromatic heterocycles. The first kappa shape index (κ1) is 22.8. The van der Waals surface area contributed by atoms with E-state index in [4.69, 9.17) is 9.47 Å². The average molecular weight is 372 g/mol. The fourth-order valence-corrected chi connectivity index (χ4v) is 2.84. The second-order valence-corrected chi connectivity index (χ2v) is 6.76. The maximum Gasteiger partial charge on any atom is 0.348 e. The van der Waals surface area contributed by atoms with Gasteiger partial charge in [-0.1, -0.05) is 76.8 Å². The molecule has 27 heavy (non-hydrogen) atoms. The number of carbonyl (C=O) groups is 1. The Balaban J connectivity index is 2.19. The van der Waals surface area contributed by atoms with Crippen molar-refractivity contribution in [3.05, 3.63) is 35.4 Å². The summed E-state index contributed by atoms with van der Waals surface area (Å²) < 4.78 is 10.3. The fourth-order valence-electron chi connectivity index (χ4n) is 2.84. The Hall–Kier alpha value is -2.28. The molecule has 0 aliphatic rings. The molecule has 148 valence electrons. The third-order valence-corrected chi connectivity index (χ3v) is 4.50. The summed E-state index contributed by atoms with van der Waals surface area (Å²) in [4.78, 5) is 12.0. The highest BCUT2D eigenvalue weighted by Gasteiger charge is 2.10. The largest absolute Gasteiger partial charge is 0.497 e. The number of benzene rings is 1. The van der Waals surface area contributed by atoms with Gasteiger partial charge < -0.3 is 9.47 Å². The number of nitriles is 1. The van der Waals surface area contributed by atoms with E-state index in [0.29, 0.717) is 6.61 Å². The van der Waals surface area contributed by atoms with Crippen molar-refractivity contribution < 1.29 is 14.3 Å². The highest BCUT2D eigenvalue weighted by Crippen LogP contribution is 2.15. The van der Waals surface area contributed by atoms with Crippen LogP contribution in [0.1, 0.15) is 76.7 Å². The Morgan fingerprint density at radius 2 is 1.52 bits per heavy atom. The summed E-state index contributed by atoms with van der Waals surface area (Å²) in [5, 5.41) is 9.19. The minimum absolute atomic E-state index is 0.0206. The van der Waals surface area contributed by atoms with Crippen molar-refractivity contribution in [3.63, 3.8) is 0 Å². The number of unbranched alkanes of at least 4 members (excludes halogenated alkanes) is 9. The van der Waals surface area contributed by atoms with E-state index in [0.717, 1.165) is 24.2 Å². The first-order valence-corrected chi connectivity index (χ1v) is 10.1. The van der Waals surface area contributed by atoms with Gasteiger partial charge in [-0.3, -0.25) is 0 Å². The second kappa shape index (κ2) is 14.8. The first-order chi connectivity index (χ1) is 13.2. The number of esters is 1. The van der Waals surface area contributed by atoms with Gasteiger partial charge in [-0.2, -0.15) is 5.26 Å². The van der Waals surface area contributed by atoms with E-state index in [2.05, 4.69) is 6.92 Å². The van der Waals surface area contributed by atoms with Gasteiger partial charge in [0.15, 0.2) is 0 Å². The van der Waals surface area contributed by atoms with Gasteiger partial charge in [-0.15, -0.1) is 0 Å². The third kappa shape index (κ3) is 10.5. The van der Waals surface area contributed by atoms with Crippen molar-refractivity contribution >= 4 is 12.0 Å². The van der Waals surface area contributed by atoms with Crippen LogP contribution in [0.4, 0.5) is 0 Å². The van der Waals surface area contributed by atoms with E-state index >= 15 is 0 Å². The minimum atomic E-state index is -0.552. The van der Waals surface area contributed by atoms with E-state index in [9.17, 15) is 10.1 Å². The van der Waals surface area contributed by atoms with Crippen LogP contribution in [0.5, 0.6) is 5.75 Å². The molecule has 0 saturated heterocycles. The average Bonchev–Trinajstić information content (AvgIpc) is 2.70. The Kier molecular flexibility index (Phi) is 12.5. The van der Waals surface area contributed by atoms with Crippen LogP contribution in [0.15, 0.2) is 29.8 Å². The molecular weight excluding hydrogens is 338 g/mol. The third-order valence-electron chi connectivity index (χ3n) is 4.50. The quantitative estimate of drug-likeness (QED) is 0.172. The van der Waals surface area contributed by atoms with Gasteiger partial charge >= 0.3 is 5.97 Å². The van der Waals surface area contributed by atoms with Crippen LogP contribution in [-0.4, -0.2) is 19.7 Å². The number of rotatable bonds is 14. The number of ether oxygens (including phenoxy) is 2. The molecule has 4 nitrogen and oxygen atoms in total. The molecule has 0 unspecified atom stereocenters. The molecule has 0 spiro atoms. The summed E-state index contributed by atoms with van der Waals surface area (Å²) in [5.74, 6) is 0.179. The van der Waals surface area contributed by atoms with Crippen molar-refractivity contribution in [1.82, 2.24) is 0 Å². The van der Waals surface area contributed by atoms with Crippen LogP contribution in [0.3, 0.4) is 0 Å². The summed E-state index contributed by atoms with van der Waals surface area (Å²) in [6.07, 6.45) is 13.9. The Labute approximate surface area is 164 Å². The molecule has 1 aromatic carbocycles. The number of methoxy groups -OCH3 is 1. The summed E-state index contributed by atoms with van der Waals surface area (Å²) in [6.45, 7) is 2.61. The lowest BCUT2D eigenvalue weighted by Gasteiger charge is -2.05. The molecule has 0 amide bonds. The van der Waals surface area contributed by atoms with Crippen LogP contribution >= 0.6 is 0 Å². The highest BCUT2D eigenvalue weighted by atomic mass is 16.5. The molecule has 0 heterocycles. The Morgan fingerprint density at radius 3 is 2.04 bits per heavy atom. The SMILES string of the molecule is CCCCCCCCCCCCOC(=O)C(C#N)=Cc1ccc(OC)cc1. The molecule has 4 heteroatoms. The minimum Gasteiger partial charge on any atom is -0.497 e. The van der Waals surface area contributed by atoms with E-state index in [1.165, 1.54) is 51.4 Å². The van der Waals surface area contributed by atoms with Crippen LogP contribution in [-0.2, 0) is 9.53 Å². The predicted octanol–water partition coefficient (Wildman–Crippen LogP) is 6.07. The van der Waals surface area contributed by atoms with Crippen LogP contribution in [0, 0.1) is 11.3 Å². The maximum atomic E-state index is 12.0. The number of hydrogen-bond donors (Lipinski definition) is 0. The molecule has 0 aliphatic heterocycles. The fraction of sp³-hybridized carbons (Fsp3) is 0.565. The summed E-state index contributed by atoms with van der Waals surface area (Å²) >= 11 is 0. The molecule has 0 radical (unpaired) electrons. The van der Waals surface area contributed by atoms with Gasteiger partial charge in [0.1, 0.15) is 17.4 Å². The topological polar surface area (TPSA) is 59.3 Å². The second-order valence-electron chi connectivity index (χ2n) is 6.76. The smallest absolute Gasteiger partial charge is 0.348 e. The highest BCUT2D eigenvalue weighted by molar-refractivity contribution is 5.97. The monoisotopic (exact) mass is 371 g/mol. The number of hydrogen-bond acceptors (Lipinski definition) is 4. The zero-order chi connectivity index (χ0) is 19.7. The molecule has 0 N–H and O–H groups in total. The normalized spacial score (nSPS) is 11.1. The lowest BCUT2D eigenvalue weighted by atomic mass is 10.1. The van der Waals surface area contributed by atoms with Crippen molar-refractivity contribution in [2.75, 3.05) is 13.7 Å². The molecule has 0 fully saturated rings. The van der Waals surface area contributed by atoms with E-state index < -0.39 is 5.97 Å². The van der Waals surface area contributed by atoms with Crippen LogP contribution < -0.4 is 4.74 Å². The zero-order valence-corrected chi connectivity index (χ0v) is 16.8.